The van der Waals surface area contributed by atoms with Gasteiger partial charge in [-0.15, -0.1) is 11.8 Å². The maximum Gasteiger partial charge on any atom is 0.137 e. The fraction of sp³-hybridized carbons (Fsp3) is 0.214. The van der Waals surface area contributed by atoms with Crippen LogP contribution in [0.1, 0.15) is 18.0 Å². The molecule has 1 aliphatic heterocycles. The van der Waals surface area contributed by atoms with Crippen molar-refractivity contribution in [3.05, 3.63) is 53.1 Å². The van der Waals surface area contributed by atoms with Crippen molar-refractivity contribution in [1.82, 2.24) is 4.98 Å². The number of halogens is 2. The molecule has 0 bridgehead atoms. The summed E-state index contributed by atoms with van der Waals surface area (Å²) in [4.78, 5) is 4.80. The minimum atomic E-state index is -0.147. The lowest BCUT2D eigenvalue weighted by Gasteiger charge is -2.27. The lowest BCUT2D eigenvalue weighted by Crippen LogP contribution is -2.17. The molecule has 19 heavy (non-hydrogen) atoms. The number of anilines is 1. The standard InChI is InChI=1S/C14H12ClFN2S/c15-10-4-6-17-8-13(10)18-12-5-7-19-14-9(12)2-1-3-11(14)16/h1-4,6,8,12,18H,5,7H2. The Balaban J connectivity index is 1.92. The highest BCUT2D eigenvalue weighted by Gasteiger charge is 2.23. The molecule has 2 nitrogen and oxygen atoms in total. The van der Waals surface area contributed by atoms with Crippen LogP contribution in [-0.2, 0) is 0 Å². The van der Waals surface area contributed by atoms with Crippen molar-refractivity contribution in [2.24, 2.45) is 0 Å². The van der Waals surface area contributed by atoms with E-state index in [1.165, 1.54) is 6.07 Å². The molecule has 3 rings (SSSR count). The van der Waals surface area contributed by atoms with Gasteiger partial charge in [0.1, 0.15) is 5.82 Å². The van der Waals surface area contributed by atoms with Gasteiger partial charge in [-0.2, -0.15) is 0 Å². The molecule has 1 unspecified atom stereocenters. The molecule has 1 atom stereocenters. The fourth-order valence-corrected chi connectivity index (χ4v) is 3.51. The van der Waals surface area contributed by atoms with Crippen LogP contribution in [0.5, 0.6) is 0 Å². The molecule has 5 heteroatoms. The monoisotopic (exact) mass is 294 g/mol. The molecule has 0 aliphatic carbocycles. The summed E-state index contributed by atoms with van der Waals surface area (Å²) in [7, 11) is 0. The van der Waals surface area contributed by atoms with E-state index in [2.05, 4.69) is 10.3 Å². The molecule has 0 amide bonds. The molecule has 0 radical (unpaired) electrons. The zero-order chi connectivity index (χ0) is 13.2. The summed E-state index contributed by atoms with van der Waals surface area (Å²) >= 11 is 7.69. The number of benzene rings is 1. The minimum absolute atomic E-state index is 0.0775. The number of hydrogen-bond acceptors (Lipinski definition) is 3. The van der Waals surface area contributed by atoms with Gasteiger partial charge in [-0.1, -0.05) is 23.7 Å². The SMILES string of the molecule is Fc1cccc2c1SCCC2Nc1cnccc1Cl. The van der Waals surface area contributed by atoms with Gasteiger partial charge >= 0.3 is 0 Å². The van der Waals surface area contributed by atoms with E-state index >= 15 is 0 Å². The Morgan fingerprint density at radius 3 is 3.11 bits per heavy atom. The second-order valence-electron chi connectivity index (χ2n) is 4.35. The largest absolute Gasteiger partial charge is 0.376 e. The van der Waals surface area contributed by atoms with Gasteiger partial charge in [0.05, 0.1) is 22.9 Å². The van der Waals surface area contributed by atoms with Crippen molar-refractivity contribution < 1.29 is 4.39 Å². The van der Waals surface area contributed by atoms with Crippen LogP contribution in [0, 0.1) is 5.82 Å². The van der Waals surface area contributed by atoms with E-state index < -0.39 is 0 Å². The summed E-state index contributed by atoms with van der Waals surface area (Å²) in [5.41, 5.74) is 1.78. The molecule has 1 N–H and O–H groups in total. The highest BCUT2D eigenvalue weighted by molar-refractivity contribution is 7.99. The quantitative estimate of drug-likeness (QED) is 0.881. The highest BCUT2D eigenvalue weighted by Crippen LogP contribution is 2.39. The van der Waals surface area contributed by atoms with E-state index in [4.69, 9.17) is 11.6 Å². The Labute approximate surface area is 120 Å². The Morgan fingerprint density at radius 1 is 1.37 bits per heavy atom. The number of nitrogens with zero attached hydrogens (tertiary/aromatic N) is 1. The summed E-state index contributed by atoms with van der Waals surface area (Å²) in [5.74, 6) is 0.745. The van der Waals surface area contributed by atoms with Crippen LogP contribution in [0.15, 0.2) is 41.6 Å². The molecule has 1 aromatic heterocycles. The van der Waals surface area contributed by atoms with Crippen LogP contribution in [0.25, 0.3) is 0 Å². The van der Waals surface area contributed by atoms with E-state index in [0.29, 0.717) is 5.02 Å². The first-order valence-corrected chi connectivity index (χ1v) is 7.39. The Hall–Kier alpha value is -1.26. The molecule has 2 aromatic rings. The molecule has 0 saturated heterocycles. The average Bonchev–Trinajstić information content (AvgIpc) is 2.42. The Kier molecular flexibility index (Phi) is 3.62. The van der Waals surface area contributed by atoms with Gasteiger partial charge in [-0.3, -0.25) is 4.98 Å². The van der Waals surface area contributed by atoms with Gasteiger partial charge in [-0.25, -0.2) is 4.39 Å². The molecular weight excluding hydrogens is 283 g/mol. The normalized spacial score (nSPS) is 17.9. The zero-order valence-corrected chi connectivity index (χ0v) is 11.6. The van der Waals surface area contributed by atoms with Gasteiger partial charge in [-0.05, 0) is 24.1 Å². The third-order valence-electron chi connectivity index (χ3n) is 3.12. The first-order valence-electron chi connectivity index (χ1n) is 6.03. The van der Waals surface area contributed by atoms with Crippen LogP contribution in [-0.4, -0.2) is 10.7 Å². The van der Waals surface area contributed by atoms with Crippen molar-refractivity contribution in [1.29, 1.82) is 0 Å². The minimum Gasteiger partial charge on any atom is -0.376 e. The molecule has 0 spiro atoms. The van der Waals surface area contributed by atoms with Crippen molar-refractivity contribution in [2.75, 3.05) is 11.1 Å². The van der Waals surface area contributed by atoms with Crippen LogP contribution in [0.3, 0.4) is 0 Å². The van der Waals surface area contributed by atoms with Crippen LogP contribution >= 0.6 is 23.4 Å². The predicted octanol–water partition coefficient (Wildman–Crippen LogP) is 4.52. The number of rotatable bonds is 2. The molecule has 98 valence electrons. The maximum absolute atomic E-state index is 13.8. The van der Waals surface area contributed by atoms with Crippen molar-refractivity contribution in [2.45, 2.75) is 17.4 Å². The average molecular weight is 295 g/mol. The summed E-state index contributed by atoms with van der Waals surface area (Å²) in [5, 5.41) is 3.99. The number of pyridine rings is 1. The summed E-state index contributed by atoms with van der Waals surface area (Å²) in [6, 6.07) is 7.04. The Bertz CT molecular complexity index is 606. The van der Waals surface area contributed by atoms with E-state index in [0.717, 1.165) is 28.3 Å². The van der Waals surface area contributed by atoms with Gasteiger partial charge < -0.3 is 5.32 Å². The van der Waals surface area contributed by atoms with E-state index in [9.17, 15) is 4.39 Å². The van der Waals surface area contributed by atoms with Gasteiger partial charge in [0.15, 0.2) is 0 Å². The lowest BCUT2D eigenvalue weighted by molar-refractivity contribution is 0.585. The first kappa shape index (κ1) is 12.8. The van der Waals surface area contributed by atoms with Crippen LogP contribution < -0.4 is 5.32 Å². The van der Waals surface area contributed by atoms with Gasteiger partial charge in [0.2, 0.25) is 0 Å². The van der Waals surface area contributed by atoms with E-state index in [1.54, 1.807) is 36.3 Å². The summed E-state index contributed by atoms with van der Waals surface area (Å²) in [6.45, 7) is 0. The molecular formula is C14H12ClFN2S. The second-order valence-corrected chi connectivity index (χ2v) is 5.86. The molecule has 2 heterocycles. The maximum atomic E-state index is 13.8. The van der Waals surface area contributed by atoms with Crippen LogP contribution in [0.2, 0.25) is 5.02 Å². The van der Waals surface area contributed by atoms with Gasteiger partial charge in [0.25, 0.3) is 0 Å². The molecule has 0 fully saturated rings. The topological polar surface area (TPSA) is 24.9 Å². The zero-order valence-electron chi connectivity index (χ0n) is 10.1. The second kappa shape index (κ2) is 5.39. The summed E-state index contributed by atoms with van der Waals surface area (Å²) in [6.07, 6.45) is 4.28. The third kappa shape index (κ3) is 2.55. The summed E-state index contributed by atoms with van der Waals surface area (Å²) < 4.78 is 13.8. The number of nitrogens with one attached hydrogen (secondary N) is 1. The molecule has 0 saturated carbocycles. The number of fused-ring (bicyclic) bond motifs is 1. The third-order valence-corrected chi connectivity index (χ3v) is 4.61. The van der Waals surface area contributed by atoms with Gasteiger partial charge in [0, 0.05) is 16.8 Å². The fourth-order valence-electron chi connectivity index (χ4n) is 2.21. The Morgan fingerprint density at radius 2 is 2.26 bits per heavy atom. The number of thioether (sulfide) groups is 1. The number of hydrogen-bond donors (Lipinski definition) is 1. The lowest BCUT2D eigenvalue weighted by atomic mass is 10.0. The van der Waals surface area contributed by atoms with Crippen molar-refractivity contribution in [3.63, 3.8) is 0 Å². The highest BCUT2D eigenvalue weighted by atomic mass is 35.5. The number of aromatic nitrogens is 1. The van der Waals surface area contributed by atoms with Crippen LogP contribution in [0.4, 0.5) is 10.1 Å². The predicted molar refractivity (Wildman–Crippen MR) is 77.4 cm³/mol. The first-order chi connectivity index (χ1) is 9.25. The smallest absolute Gasteiger partial charge is 0.137 e. The van der Waals surface area contributed by atoms with Crippen molar-refractivity contribution >= 4 is 29.1 Å². The molecule has 1 aromatic carbocycles. The van der Waals surface area contributed by atoms with E-state index in [-0.39, 0.29) is 11.9 Å². The van der Waals surface area contributed by atoms with Crippen molar-refractivity contribution in [3.8, 4) is 0 Å². The van der Waals surface area contributed by atoms with E-state index in [1.807, 2.05) is 6.07 Å². The molecule has 1 aliphatic rings.